The summed E-state index contributed by atoms with van der Waals surface area (Å²) in [5, 5.41) is 0. The Morgan fingerprint density at radius 2 is 1.80 bits per heavy atom. The number of piperidine rings is 1. The smallest absolute Gasteiger partial charge is 0.164 e. The molecule has 1 saturated heterocycles. The van der Waals surface area contributed by atoms with Crippen LogP contribution < -0.4 is 0 Å². The van der Waals surface area contributed by atoms with E-state index in [0.717, 1.165) is 31.1 Å². The molecule has 0 radical (unpaired) electrons. The summed E-state index contributed by atoms with van der Waals surface area (Å²) in [5.74, 6) is 1.65. The molecule has 0 bridgehead atoms. The molecular weight excluding hydrogens is 246 g/mol. The first-order chi connectivity index (χ1) is 9.56. The van der Waals surface area contributed by atoms with Crippen LogP contribution in [-0.4, -0.2) is 30.3 Å². The predicted molar refractivity (Wildman–Crippen MR) is 84.3 cm³/mol. The average Bonchev–Trinajstić information content (AvgIpc) is 2.46. The van der Waals surface area contributed by atoms with Gasteiger partial charge in [0, 0.05) is 18.5 Å². The van der Waals surface area contributed by atoms with Crippen LogP contribution in [0.3, 0.4) is 0 Å². The SMILES string of the molecule is CC1CCN(CCC(=O)c2ccc(C(C)C)cc2)CC1. The molecule has 0 N–H and O–H groups in total. The summed E-state index contributed by atoms with van der Waals surface area (Å²) in [6.07, 6.45) is 3.20. The third-order valence-electron chi connectivity index (χ3n) is 4.43. The van der Waals surface area contributed by atoms with Gasteiger partial charge >= 0.3 is 0 Å². The molecule has 1 fully saturated rings. The Kier molecular flexibility index (Phi) is 5.36. The molecule has 110 valence electrons. The second kappa shape index (κ2) is 7.03. The number of rotatable bonds is 5. The fourth-order valence-corrected chi connectivity index (χ4v) is 2.74. The van der Waals surface area contributed by atoms with Gasteiger partial charge in [0.1, 0.15) is 0 Å². The van der Waals surface area contributed by atoms with Crippen LogP contribution in [0.5, 0.6) is 0 Å². The first-order valence-electron chi connectivity index (χ1n) is 7.91. The van der Waals surface area contributed by atoms with Gasteiger partial charge in [-0.2, -0.15) is 0 Å². The van der Waals surface area contributed by atoms with E-state index in [0.29, 0.717) is 12.3 Å². The number of nitrogens with zero attached hydrogens (tertiary/aromatic N) is 1. The normalized spacial score (nSPS) is 17.6. The maximum atomic E-state index is 12.2. The minimum absolute atomic E-state index is 0.277. The van der Waals surface area contributed by atoms with Crippen molar-refractivity contribution in [2.24, 2.45) is 5.92 Å². The quantitative estimate of drug-likeness (QED) is 0.752. The van der Waals surface area contributed by atoms with Crippen LogP contribution in [-0.2, 0) is 0 Å². The van der Waals surface area contributed by atoms with Crippen LogP contribution in [0.2, 0.25) is 0 Å². The number of carbonyl (C=O) groups excluding carboxylic acids is 1. The molecule has 20 heavy (non-hydrogen) atoms. The van der Waals surface area contributed by atoms with E-state index in [2.05, 4.69) is 37.8 Å². The Balaban J connectivity index is 1.82. The van der Waals surface area contributed by atoms with Crippen LogP contribution in [0.1, 0.15) is 61.9 Å². The van der Waals surface area contributed by atoms with E-state index < -0.39 is 0 Å². The Hall–Kier alpha value is -1.15. The number of carbonyl (C=O) groups is 1. The Morgan fingerprint density at radius 1 is 1.20 bits per heavy atom. The van der Waals surface area contributed by atoms with Gasteiger partial charge < -0.3 is 4.90 Å². The molecular formula is C18H27NO. The standard InChI is InChI=1S/C18H27NO/c1-14(2)16-4-6-17(7-5-16)18(20)10-13-19-11-8-15(3)9-12-19/h4-7,14-15H,8-13H2,1-3H3. The van der Waals surface area contributed by atoms with Crippen LogP contribution in [0, 0.1) is 5.92 Å². The third kappa shape index (κ3) is 4.17. The molecule has 1 heterocycles. The molecule has 1 aromatic rings. The minimum Gasteiger partial charge on any atom is -0.303 e. The van der Waals surface area contributed by atoms with Gasteiger partial charge in [-0.15, -0.1) is 0 Å². The van der Waals surface area contributed by atoms with Crippen molar-refractivity contribution in [2.75, 3.05) is 19.6 Å². The van der Waals surface area contributed by atoms with E-state index in [1.165, 1.54) is 18.4 Å². The zero-order valence-electron chi connectivity index (χ0n) is 13.1. The van der Waals surface area contributed by atoms with Crippen molar-refractivity contribution in [3.8, 4) is 0 Å². The highest BCUT2D eigenvalue weighted by molar-refractivity contribution is 5.96. The van der Waals surface area contributed by atoms with Crippen molar-refractivity contribution in [1.82, 2.24) is 4.90 Å². The number of likely N-dealkylation sites (tertiary alicyclic amines) is 1. The number of benzene rings is 1. The Morgan fingerprint density at radius 3 is 2.35 bits per heavy atom. The number of ketones is 1. The molecule has 0 unspecified atom stereocenters. The van der Waals surface area contributed by atoms with Crippen molar-refractivity contribution in [3.05, 3.63) is 35.4 Å². The number of Topliss-reactive ketones (excluding diaryl/α,β-unsaturated/α-hetero) is 1. The summed E-state index contributed by atoms with van der Waals surface area (Å²) in [5.41, 5.74) is 2.16. The molecule has 0 aromatic heterocycles. The summed E-state index contributed by atoms with van der Waals surface area (Å²) in [6.45, 7) is 9.89. The largest absolute Gasteiger partial charge is 0.303 e. The summed E-state index contributed by atoms with van der Waals surface area (Å²) >= 11 is 0. The molecule has 0 spiro atoms. The average molecular weight is 273 g/mol. The molecule has 2 heteroatoms. The second-order valence-electron chi connectivity index (χ2n) is 6.47. The fraction of sp³-hybridized carbons (Fsp3) is 0.611. The molecule has 1 aliphatic heterocycles. The van der Waals surface area contributed by atoms with E-state index >= 15 is 0 Å². The highest BCUT2D eigenvalue weighted by Crippen LogP contribution is 2.18. The lowest BCUT2D eigenvalue weighted by atomic mass is 9.98. The number of hydrogen-bond donors (Lipinski definition) is 0. The van der Waals surface area contributed by atoms with Crippen molar-refractivity contribution >= 4 is 5.78 Å². The molecule has 2 rings (SSSR count). The molecule has 2 nitrogen and oxygen atoms in total. The summed E-state index contributed by atoms with van der Waals surface area (Å²) in [7, 11) is 0. The van der Waals surface area contributed by atoms with Crippen molar-refractivity contribution in [1.29, 1.82) is 0 Å². The van der Waals surface area contributed by atoms with Crippen molar-refractivity contribution < 1.29 is 4.79 Å². The molecule has 0 amide bonds. The molecule has 0 saturated carbocycles. The second-order valence-corrected chi connectivity index (χ2v) is 6.47. The minimum atomic E-state index is 0.277. The third-order valence-corrected chi connectivity index (χ3v) is 4.43. The molecule has 0 atom stereocenters. The topological polar surface area (TPSA) is 20.3 Å². The lowest BCUT2D eigenvalue weighted by molar-refractivity contribution is 0.0953. The zero-order chi connectivity index (χ0) is 14.5. The van der Waals surface area contributed by atoms with Gasteiger partial charge in [0.25, 0.3) is 0 Å². The monoisotopic (exact) mass is 273 g/mol. The predicted octanol–water partition coefficient (Wildman–Crippen LogP) is 4.11. The van der Waals surface area contributed by atoms with Crippen LogP contribution in [0.4, 0.5) is 0 Å². The van der Waals surface area contributed by atoms with E-state index in [1.54, 1.807) is 0 Å². The van der Waals surface area contributed by atoms with Crippen LogP contribution in [0.15, 0.2) is 24.3 Å². The van der Waals surface area contributed by atoms with E-state index in [1.807, 2.05) is 12.1 Å². The van der Waals surface area contributed by atoms with Gasteiger partial charge in [0.15, 0.2) is 5.78 Å². The summed E-state index contributed by atoms with van der Waals surface area (Å²) in [4.78, 5) is 14.6. The van der Waals surface area contributed by atoms with Gasteiger partial charge in [-0.05, 0) is 43.3 Å². The van der Waals surface area contributed by atoms with Gasteiger partial charge in [-0.1, -0.05) is 45.0 Å². The highest BCUT2D eigenvalue weighted by atomic mass is 16.1. The Labute approximate surface area is 123 Å². The summed E-state index contributed by atoms with van der Waals surface area (Å²) < 4.78 is 0. The fourth-order valence-electron chi connectivity index (χ4n) is 2.74. The first-order valence-corrected chi connectivity index (χ1v) is 7.91. The van der Waals surface area contributed by atoms with Crippen LogP contribution >= 0.6 is 0 Å². The lowest BCUT2D eigenvalue weighted by Gasteiger charge is -2.29. The van der Waals surface area contributed by atoms with Crippen molar-refractivity contribution in [3.63, 3.8) is 0 Å². The summed E-state index contributed by atoms with van der Waals surface area (Å²) in [6, 6.07) is 8.13. The highest BCUT2D eigenvalue weighted by Gasteiger charge is 2.16. The first kappa shape index (κ1) is 15.2. The molecule has 1 aromatic carbocycles. The van der Waals surface area contributed by atoms with Gasteiger partial charge in [0.2, 0.25) is 0 Å². The van der Waals surface area contributed by atoms with Gasteiger partial charge in [-0.25, -0.2) is 0 Å². The lowest BCUT2D eigenvalue weighted by Crippen LogP contribution is -2.34. The maximum absolute atomic E-state index is 12.2. The Bertz CT molecular complexity index is 427. The van der Waals surface area contributed by atoms with E-state index in [9.17, 15) is 4.79 Å². The maximum Gasteiger partial charge on any atom is 0.164 e. The van der Waals surface area contributed by atoms with Gasteiger partial charge in [0.05, 0.1) is 0 Å². The van der Waals surface area contributed by atoms with Crippen LogP contribution in [0.25, 0.3) is 0 Å². The zero-order valence-corrected chi connectivity index (χ0v) is 13.1. The van der Waals surface area contributed by atoms with Gasteiger partial charge in [-0.3, -0.25) is 4.79 Å². The van der Waals surface area contributed by atoms with E-state index in [-0.39, 0.29) is 5.78 Å². The molecule has 1 aliphatic rings. The van der Waals surface area contributed by atoms with Crippen molar-refractivity contribution in [2.45, 2.75) is 46.0 Å². The molecule has 0 aliphatic carbocycles. The van der Waals surface area contributed by atoms with E-state index in [4.69, 9.17) is 0 Å². The number of hydrogen-bond acceptors (Lipinski definition) is 2.